The zero-order chi connectivity index (χ0) is 14.0. The summed E-state index contributed by atoms with van der Waals surface area (Å²) in [6.45, 7) is 8.44. The summed E-state index contributed by atoms with van der Waals surface area (Å²) < 4.78 is 1.65. The van der Waals surface area contributed by atoms with Crippen molar-refractivity contribution in [2.75, 3.05) is 0 Å². The molecule has 0 bridgehead atoms. The van der Waals surface area contributed by atoms with Gasteiger partial charge in [0.15, 0.2) is 0 Å². The maximum absolute atomic E-state index is 10.3. The summed E-state index contributed by atoms with van der Waals surface area (Å²) in [5.41, 5.74) is 4.09. The second-order valence-corrected chi connectivity index (χ2v) is 5.45. The zero-order valence-electron chi connectivity index (χ0n) is 12.1. The highest BCUT2D eigenvalue weighted by Crippen LogP contribution is 2.27. The van der Waals surface area contributed by atoms with Gasteiger partial charge in [-0.15, -0.1) is 0 Å². The maximum Gasteiger partial charge on any atom is 0.217 e. The molecule has 0 aliphatic heterocycles. The van der Waals surface area contributed by atoms with E-state index in [2.05, 4.69) is 25.9 Å². The molecule has 0 unspecified atom stereocenters. The van der Waals surface area contributed by atoms with E-state index in [1.807, 2.05) is 31.2 Å². The lowest BCUT2D eigenvalue weighted by Crippen LogP contribution is -2.00. The molecule has 3 heteroatoms. The van der Waals surface area contributed by atoms with E-state index in [1.54, 1.807) is 4.68 Å². The third-order valence-corrected chi connectivity index (χ3v) is 3.27. The summed E-state index contributed by atoms with van der Waals surface area (Å²) in [5.74, 6) is 0.813. The second-order valence-electron chi connectivity index (χ2n) is 5.45. The van der Waals surface area contributed by atoms with Crippen LogP contribution in [0.15, 0.2) is 24.3 Å². The number of hydrogen-bond acceptors (Lipinski definition) is 2. The quantitative estimate of drug-likeness (QED) is 0.909. The molecule has 0 fully saturated rings. The number of hydrogen-bond donors (Lipinski definition) is 1. The third-order valence-electron chi connectivity index (χ3n) is 3.27. The van der Waals surface area contributed by atoms with Crippen LogP contribution in [0.4, 0.5) is 0 Å². The van der Waals surface area contributed by atoms with Gasteiger partial charge in [-0.1, -0.05) is 38.5 Å². The number of aromatic hydroxyl groups is 1. The van der Waals surface area contributed by atoms with Crippen LogP contribution in [0.3, 0.4) is 0 Å². The average Bonchev–Trinajstić information content (AvgIpc) is 2.66. The summed E-state index contributed by atoms with van der Waals surface area (Å²) in [6, 6.07) is 8.04. The van der Waals surface area contributed by atoms with Crippen molar-refractivity contribution in [1.29, 1.82) is 0 Å². The minimum absolute atomic E-state index is 0.280. The van der Waals surface area contributed by atoms with E-state index in [0.717, 1.165) is 29.8 Å². The van der Waals surface area contributed by atoms with Gasteiger partial charge < -0.3 is 5.11 Å². The van der Waals surface area contributed by atoms with Gasteiger partial charge in [0.05, 0.1) is 11.4 Å². The van der Waals surface area contributed by atoms with Crippen LogP contribution in [-0.4, -0.2) is 14.9 Å². The fourth-order valence-corrected chi connectivity index (χ4v) is 2.26. The molecule has 0 atom stereocenters. The van der Waals surface area contributed by atoms with Crippen LogP contribution in [0.2, 0.25) is 0 Å². The predicted octanol–water partition coefficient (Wildman–Crippen LogP) is 3.65. The Morgan fingerprint density at radius 1 is 1.21 bits per heavy atom. The largest absolute Gasteiger partial charge is 0.493 e. The van der Waals surface area contributed by atoms with Crippen molar-refractivity contribution in [2.45, 2.75) is 40.5 Å². The minimum atomic E-state index is 0.280. The Hall–Kier alpha value is -1.77. The van der Waals surface area contributed by atoms with Gasteiger partial charge in [0, 0.05) is 5.56 Å². The number of rotatable bonds is 4. The van der Waals surface area contributed by atoms with Gasteiger partial charge in [-0.25, -0.2) is 4.68 Å². The molecule has 2 aromatic rings. The highest BCUT2D eigenvalue weighted by atomic mass is 16.3. The Morgan fingerprint density at radius 2 is 1.84 bits per heavy atom. The van der Waals surface area contributed by atoms with E-state index in [4.69, 9.17) is 0 Å². The fourth-order valence-electron chi connectivity index (χ4n) is 2.26. The Balaban J connectivity index is 2.46. The van der Waals surface area contributed by atoms with E-state index in [-0.39, 0.29) is 5.88 Å². The van der Waals surface area contributed by atoms with Gasteiger partial charge >= 0.3 is 0 Å². The molecule has 0 aliphatic carbocycles. The molecule has 19 heavy (non-hydrogen) atoms. The highest BCUT2D eigenvalue weighted by molar-refractivity contribution is 5.41. The number of aryl methyl sites for hydroxylation is 1. The van der Waals surface area contributed by atoms with Crippen LogP contribution in [-0.2, 0) is 12.8 Å². The van der Waals surface area contributed by atoms with E-state index < -0.39 is 0 Å². The molecule has 0 radical (unpaired) electrons. The standard InChI is InChI=1S/C16H22N2O/c1-5-14-15(10-11(2)3)17-18(16(14)19)13-8-6-12(4)7-9-13/h6-9,11,19H,5,10H2,1-4H3. The van der Waals surface area contributed by atoms with Crippen molar-refractivity contribution in [3.63, 3.8) is 0 Å². The van der Waals surface area contributed by atoms with Crippen molar-refractivity contribution in [1.82, 2.24) is 9.78 Å². The molecule has 3 nitrogen and oxygen atoms in total. The Morgan fingerprint density at radius 3 is 2.37 bits per heavy atom. The van der Waals surface area contributed by atoms with Gasteiger partial charge in [0.2, 0.25) is 5.88 Å². The van der Waals surface area contributed by atoms with Crippen LogP contribution in [0.25, 0.3) is 5.69 Å². The van der Waals surface area contributed by atoms with Gasteiger partial charge in [-0.2, -0.15) is 5.10 Å². The molecule has 0 aliphatic rings. The van der Waals surface area contributed by atoms with Crippen molar-refractivity contribution < 1.29 is 5.11 Å². The zero-order valence-corrected chi connectivity index (χ0v) is 12.1. The fraction of sp³-hybridized carbons (Fsp3) is 0.438. The third kappa shape index (κ3) is 2.80. The molecule has 1 heterocycles. The molecular weight excluding hydrogens is 236 g/mol. The molecule has 0 saturated carbocycles. The molecular formula is C16H22N2O. The molecule has 1 aromatic carbocycles. The van der Waals surface area contributed by atoms with Crippen molar-refractivity contribution in [2.24, 2.45) is 5.92 Å². The summed E-state index contributed by atoms with van der Waals surface area (Å²) in [4.78, 5) is 0. The molecule has 2 rings (SSSR count). The first-order valence-electron chi connectivity index (χ1n) is 6.89. The lowest BCUT2D eigenvalue weighted by atomic mass is 10.0. The Kier molecular flexibility index (Phi) is 3.93. The van der Waals surface area contributed by atoms with Crippen LogP contribution < -0.4 is 0 Å². The molecule has 1 N–H and O–H groups in total. The first-order valence-corrected chi connectivity index (χ1v) is 6.89. The van der Waals surface area contributed by atoms with E-state index in [1.165, 1.54) is 5.56 Å². The first-order chi connectivity index (χ1) is 9.02. The Bertz CT molecular complexity index is 553. The van der Waals surface area contributed by atoms with Gasteiger partial charge in [0.1, 0.15) is 0 Å². The normalized spacial score (nSPS) is 11.2. The minimum Gasteiger partial charge on any atom is -0.493 e. The Labute approximate surface area is 114 Å². The van der Waals surface area contributed by atoms with Crippen LogP contribution in [0, 0.1) is 12.8 Å². The number of aromatic nitrogens is 2. The average molecular weight is 258 g/mol. The van der Waals surface area contributed by atoms with Gasteiger partial charge in [-0.05, 0) is 37.8 Å². The molecule has 0 amide bonds. The summed E-state index contributed by atoms with van der Waals surface area (Å²) >= 11 is 0. The maximum atomic E-state index is 10.3. The first kappa shape index (κ1) is 13.7. The summed E-state index contributed by atoms with van der Waals surface area (Å²) in [5, 5.41) is 14.9. The number of benzene rings is 1. The lowest BCUT2D eigenvalue weighted by molar-refractivity contribution is 0.428. The van der Waals surface area contributed by atoms with Crippen LogP contribution >= 0.6 is 0 Å². The van der Waals surface area contributed by atoms with Crippen molar-refractivity contribution >= 4 is 0 Å². The topological polar surface area (TPSA) is 38.0 Å². The predicted molar refractivity (Wildman–Crippen MR) is 77.9 cm³/mol. The smallest absolute Gasteiger partial charge is 0.217 e. The van der Waals surface area contributed by atoms with Gasteiger partial charge in [0.25, 0.3) is 0 Å². The lowest BCUT2D eigenvalue weighted by Gasteiger charge is -2.03. The molecule has 1 aromatic heterocycles. The van der Waals surface area contributed by atoms with Crippen LogP contribution in [0.5, 0.6) is 5.88 Å². The van der Waals surface area contributed by atoms with Gasteiger partial charge in [-0.3, -0.25) is 0 Å². The monoisotopic (exact) mass is 258 g/mol. The SMILES string of the molecule is CCc1c(CC(C)C)nn(-c2ccc(C)cc2)c1O. The number of nitrogens with zero attached hydrogens (tertiary/aromatic N) is 2. The van der Waals surface area contributed by atoms with Crippen LogP contribution in [0.1, 0.15) is 37.6 Å². The molecule has 0 saturated heterocycles. The highest BCUT2D eigenvalue weighted by Gasteiger charge is 2.17. The summed E-state index contributed by atoms with van der Waals surface area (Å²) in [7, 11) is 0. The van der Waals surface area contributed by atoms with Crippen molar-refractivity contribution in [3.8, 4) is 11.6 Å². The summed E-state index contributed by atoms with van der Waals surface area (Å²) in [6.07, 6.45) is 1.70. The van der Waals surface area contributed by atoms with Crippen molar-refractivity contribution in [3.05, 3.63) is 41.1 Å². The van der Waals surface area contributed by atoms with E-state index in [9.17, 15) is 5.11 Å². The molecule has 102 valence electrons. The van der Waals surface area contributed by atoms with E-state index in [0.29, 0.717) is 5.92 Å². The molecule has 0 spiro atoms. The van der Waals surface area contributed by atoms with E-state index >= 15 is 0 Å². The second kappa shape index (κ2) is 5.47.